The van der Waals surface area contributed by atoms with Gasteiger partial charge in [0.1, 0.15) is 0 Å². The minimum absolute atomic E-state index is 0.119. The number of hydrogen-bond acceptors (Lipinski definition) is 3. The summed E-state index contributed by atoms with van der Waals surface area (Å²) in [5, 5.41) is 2.84. The molecule has 0 aliphatic carbocycles. The van der Waals surface area contributed by atoms with Gasteiger partial charge in [-0.25, -0.2) is 0 Å². The summed E-state index contributed by atoms with van der Waals surface area (Å²) < 4.78 is 0. The fourth-order valence-corrected chi connectivity index (χ4v) is 2.80. The van der Waals surface area contributed by atoms with Crippen molar-refractivity contribution in [2.24, 2.45) is 5.92 Å². The molecule has 0 spiro atoms. The van der Waals surface area contributed by atoms with Crippen LogP contribution in [0.3, 0.4) is 0 Å². The quantitative estimate of drug-likeness (QED) is 0.774. The number of amides is 2. The van der Waals surface area contributed by atoms with Crippen LogP contribution in [0.1, 0.15) is 26.7 Å². The zero-order valence-corrected chi connectivity index (χ0v) is 11.3. The SMILES string of the molecule is CC(C)N1CC(CN2CCNC(=O)C2)CCC1=O. The molecule has 1 atom stereocenters. The van der Waals surface area contributed by atoms with Crippen LogP contribution < -0.4 is 5.32 Å². The highest BCUT2D eigenvalue weighted by atomic mass is 16.2. The predicted octanol–water partition coefficient (Wildman–Crippen LogP) is 0.0652. The number of nitrogens with one attached hydrogen (secondary N) is 1. The molecule has 18 heavy (non-hydrogen) atoms. The van der Waals surface area contributed by atoms with Crippen molar-refractivity contribution in [3.63, 3.8) is 0 Å². The van der Waals surface area contributed by atoms with Crippen LogP contribution in [-0.4, -0.2) is 60.4 Å². The first-order valence-electron chi connectivity index (χ1n) is 6.85. The van der Waals surface area contributed by atoms with Crippen molar-refractivity contribution in [3.05, 3.63) is 0 Å². The highest BCUT2D eigenvalue weighted by Crippen LogP contribution is 2.20. The monoisotopic (exact) mass is 253 g/mol. The molecule has 0 aromatic carbocycles. The van der Waals surface area contributed by atoms with E-state index in [0.29, 0.717) is 18.9 Å². The second-order valence-corrected chi connectivity index (χ2v) is 5.63. The lowest BCUT2D eigenvalue weighted by Crippen LogP contribution is -2.52. The van der Waals surface area contributed by atoms with E-state index >= 15 is 0 Å². The Morgan fingerprint density at radius 3 is 2.83 bits per heavy atom. The summed E-state index contributed by atoms with van der Waals surface area (Å²) in [6.45, 7) is 8.09. The minimum Gasteiger partial charge on any atom is -0.354 e. The van der Waals surface area contributed by atoms with Gasteiger partial charge in [-0.3, -0.25) is 14.5 Å². The molecule has 0 radical (unpaired) electrons. The molecular weight excluding hydrogens is 230 g/mol. The number of carbonyl (C=O) groups excluding carboxylic acids is 2. The third-order valence-corrected chi connectivity index (χ3v) is 3.80. The molecule has 2 fully saturated rings. The van der Waals surface area contributed by atoms with E-state index in [1.54, 1.807) is 0 Å². The van der Waals surface area contributed by atoms with E-state index in [2.05, 4.69) is 24.1 Å². The zero-order chi connectivity index (χ0) is 13.1. The average molecular weight is 253 g/mol. The van der Waals surface area contributed by atoms with Crippen LogP contribution in [0.4, 0.5) is 0 Å². The van der Waals surface area contributed by atoms with E-state index in [9.17, 15) is 9.59 Å². The van der Waals surface area contributed by atoms with Gasteiger partial charge < -0.3 is 10.2 Å². The maximum atomic E-state index is 11.8. The van der Waals surface area contributed by atoms with Crippen LogP contribution in [0.2, 0.25) is 0 Å². The zero-order valence-electron chi connectivity index (χ0n) is 11.3. The normalized spacial score (nSPS) is 26.6. The van der Waals surface area contributed by atoms with Gasteiger partial charge in [0.15, 0.2) is 0 Å². The van der Waals surface area contributed by atoms with Crippen LogP contribution >= 0.6 is 0 Å². The van der Waals surface area contributed by atoms with Crippen molar-refractivity contribution in [2.75, 3.05) is 32.7 Å². The maximum absolute atomic E-state index is 11.8. The van der Waals surface area contributed by atoms with Gasteiger partial charge in [-0.05, 0) is 26.2 Å². The van der Waals surface area contributed by atoms with Crippen molar-refractivity contribution in [1.29, 1.82) is 0 Å². The van der Waals surface area contributed by atoms with Gasteiger partial charge in [-0.1, -0.05) is 0 Å². The number of piperazine rings is 1. The van der Waals surface area contributed by atoms with Crippen molar-refractivity contribution in [3.8, 4) is 0 Å². The van der Waals surface area contributed by atoms with Gasteiger partial charge in [0.25, 0.3) is 0 Å². The first-order chi connectivity index (χ1) is 8.56. The van der Waals surface area contributed by atoms with Crippen LogP contribution in [0.15, 0.2) is 0 Å². The summed E-state index contributed by atoms with van der Waals surface area (Å²) in [5.74, 6) is 0.905. The van der Waals surface area contributed by atoms with Crippen LogP contribution in [-0.2, 0) is 9.59 Å². The highest BCUT2D eigenvalue weighted by molar-refractivity contribution is 5.78. The Morgan fingerprint density at radius 2 is 2.17 bits per heavy atom. The van der Waals surface area contributed by atoms with Crippen LogP contribution in [0.25, 0.3) is 0 Å². The molecular formula is C13H23N3O2. The second kappa shape index (κ2) is 5.69. The summed E-state index contributed by atoms with van der Waals surface area (Å²) >= 11 is 0. The summed E-state index contributed by atoms with van der Waals surface area (Å²) in [7, 11) is 0. The standard InChI is InChI=1S/C13H23N3O2/c1-10(2)16-8-11(3-4-13(16)18)7-15-6-5-14-12(17)9-15/h10-11H,3-9H2,1-2H3,(H,14,17). The van der Waals surface area contributed by atoms with Gasteiger partial charge in [-0.15, -0.1) is 0 Å². The molecule has 1 N–H and O–H groups in total. The van der Waals surface area contributed by atoms with Crippen molar-refractivity contribution >= 4 is 11.8 Å². The summed E-state index contributed by atoms with van der Waals surface area (Å²) in [5.41, 5.74) is 0. The summed E-state index contributed by atoms with van der Waals surface area (Å²) in [6.07, 6.45) is 1.61. The van der Waals surface area contributed by atoms with Crippen LogP contribution in [0.5, 0.6) is 0 Å². The number of rotatable bonds is 3. The first kappa shape index (κ1) is 13.3. The lowest BCUT2D eigenvalue weighted by Gasteiger charge is -2.38. The Morgan fingerprint density at radius 1 is 1.39 bits per heavy atom. The first-order valence-corrected chi connectivity index (χ1v) is 6.85. The van der Waals surface area contributed by atoms with Crippen molar-refractivity contribution in [1.82, 2.24) is 15.1 Å². The fraction of sp³-hybridized carbons (Fsp3) is 0.846. The average Bonchev–Trinajstić information content (AvgIpc) is 2.31. The highest BCUT2D eigenvalue weighted by Gasteiger charge is 2.29. The number of nitrogens with zero attached hydrogens (tertiary/aromatic N) is 2. The smallest absolute Gasteiger partial charge is 0.234 e. The summed E-state index contributed by atoms with van der Waals surface area (Å²) in [4.78, 5) is 27.3. The molecule has 2 rings (SSSR count). The third kappa shape index (κ3) is 3.22. The van der Waals surface area contributed by atoms with Crippen molar-refractivity contribution < 1.29 is 9.59 Å². The molecule has 1 unspecified atom stereocenters. The third-order valence-electron chi connectivity index (χ3n) is 3.80. The number of carbonyl (C=O) groups is 2. The molecule has 2 aliphatic rings. The number of piperidine rings is 1. The predicted molar refractivity (Wildman–Crippen MR) is 69.0 cm³/mol. The van der Waals surface area contributed by atoms with E-state index < -0.39 is 0 Å². The van der Waals surface area contributed by atoms with Gasteiger partial charge in [0, 0.05) is 38.6 Å². The molecule has 2 saturated heterocycles. The van der Waals surface area contributed by atoms with Gasteiger partial charge >= 0.3 is 0 Å². The molecule has 2 aliphatic heterocycles. The van der Waals surface area contributed by atoms with Gasteiger partial charge in [0.05, 0.1) is 6.54 Å². The molecule has 102 valence electrons. The maximum Gasteiger partial charge on any atom is 0.234 e. The minimum atomic E-state index is 0.119. The second-order valence-electron chi connectivity index (χ2n) is 5.63. The molecule has 0 bridgehead atoms. The fourth-order valence-electron chi connectivity index (χ4n) is 2.80. The Bertz CT molecular complexity index is 330. The topological polar surface area (TPSA) is 52.6 Å². The molecule has 5 nitrogen and oxygen atoms in total. The van der Waals surface area contributed by atoms with Gasteiger partial charge in [-0.2, -0.15) is 0 Å². The Kier molecular flexibility index (Phi) is 4.22. The molecule has 5 heteroatoms. The lowest BCUT2D eigenvalue weighted by atomic mass is 9.95. The van der Waals surface area contributed by atoms with E-state index in [0.717, 1.165) is 32.6 Å². The molecule has 2 heterocycles. The largest absolute Gasteiger partial charge is 0.354 e. The lowest BCUT2D eigenvalue weighted by molar-refractivity contribution is -0.137. The Hall–Kier alpha value is -1.10. The van der Waals surface area contributed by atoms with Gasteiger partial charge in [0.2, 0.25) is 11.8 Å². The Balaban J connectivity index is 1.86. The molecule has 0 saturated carbocycles. The molecule has 0 aromatic heterocycles. The van der Waals surface area contributed by atoms with Crippen LogP contribution in [0, 0.1) is 5.92 Å². The van der Waals surface area contributed by atoms with Crippen molar-refractivity contribution in [2.45, 2.75) is 32.7 Å². The number of hydrogen-bond donors (Lipinski definition) is 1. The van der Waals surface area contributed by atoms with E-state index in [1.807, 2.05) is 4.90 Å². The summed E-state index contributed by atoms with van der Waals surface area (Å²) in [6, 6.07) is 0.282. The number of likely N-dealkylation sites (tertiary alicyclic amines) is 1. The molecule has 2 amide bonds. The van der Waals surface area contributed by atoms with E-state index in [1.165, 1.54) is 0 Å². The molecule has 0 aromatic rings. The Labute approximate surface area is 108 Å². The van der Waals surface area contributed by atoms with E-state index in [4.69, 9.17) is 0 Å². The van der Waals surface area contributed by atoms with E-state index in [-0.39, 0.29) is 17.9 Å².